The van der Waals surface area contributed by atoms with Gasteiger partial charge in [-0.25, -0.2) is 4.98 Å². The average molecular weight is 406 g/mol. The van der Waals surface area contributed by atoms with Gasteiger partial charge in [-0.2, -0.15) is 0 Å². The molecule has 1 aliphatic rings. The maximum Gasteiger partial charge on any atom is 0.272 e. The van der Waals surface area contributed by atoms with E-state index in [0.717, 1.165) is 41.7 Å². The Morgan fingerprint density at radius 1 is 0.967 bits per heavy atom. The third kappa shape index (κ3) is 3.96. The van der Waals surface area contributed by atoms with Crippen LogP contribution in [-0.4, -0.2) is 61.2 Å². The number of nitrogens with one attached hydrogen (secondary N) is 1. The number of benzene rings is 2. The normalized spacial score (nSPS) is 14.0. The number of hydrogen-bond acceptors (Lipinski definition) is 5. The molecule has 1 aromatic heterocycles. The fourth-order valence-corrected chi connectivity index (χ4v) is 3.75. The van der Waals surface area contributed by atoms with Crippen LogP contribution in [0.25, 0.3) is 11.3 Å². The Morgan fingerprint density at radius 2 is 1.60 bits per heavy atom. The molecule has 0 unspecified atom stereocenters. The lowest BCUT2D eigenvalue weighted by Crippen LogP contribution is -2.49. The van der Waals surface area contributed by atoms with Crippen LogP contribution < -0.4 is 14.4 Å². The molecular formula is C23H26N4O3. The van der Waals surface area contributed by atoms with Crippen LogP contribution in [0.1, 0.15) is 16.3 Å². The van der Waals surface area contributed by atoms with Crippen molar-refractivity contribution in [2.75, 3.05) is 45.3 Å². The highest BCUT2D eigenvalue weighted by Crippen LogP contribution is 2.29. The van der Waals surface area contributed by atoms with Crippen LogP contribution in [0.3, 0.4) is 0 Å². The van der Waals surface area contributed by atoms with Gasteiger partial charge in [0.25, 0.3) is 5.91 Å². The summed E-state index contributed by atoms with van der Waals surface area (Å²) in [6, 6.07) is 15.6. The number of carbonyl (C=O) groups is 1. The number of aryl methyl sites for hydroxylation is 1. The predicted octanol–water partition coefficient (Wildman–Crippen LogP) is 3.36. The summed E-state index contributed by atoms with van der Waals surface area (Å²) in [7, 11) is 3.29. The number of H-pyrrole nitrogens is 1. The van der Waals surface area contributed by atoms with Gasteiger partial charge >= 0.3 is 0 Å². The summed E-state index contributed by atoms with van der Waals surface area (Å²) < 4.78 is 10.8. The topological polar surface area (TPSA) is 70.7 Å². The van der Waals surface area contributed by atoms with Gasteiger partial charge in [0.2, 0.25) is 0 Å². The number of nitrogens with zero attached hydrogens (tertiary/aromatic N) is 3. The molecule has 30 heavy (non-hydrogen) atoms. The molecule has 0 bridgehead atoms. The smallest absolute Gasteiger partial charge is 0.272 e. The third-order valence-corrected chi connectivity index (χ3v) is 5.35. The van der Waals surface area contributed by atoms with E-state index in [1.54, 1.807) is 14.2 Å². The fraction of sp³-hybridized carbons (Fsp3) is 0.304. The van der Waals surface area contributed by atoms with Crippen molar-refractivity contribution in [3.63, 3.8) is 0 Å². The highest BCUT2D eigenvalue weighted by atomic mass is 16.5. The van der Waals surface area contributed by atoms with Crippen molar-refractivity contribution in [1.82, 2.24) is 14.9 Å². The average Bonchev–Trinajstić information content (AvgIpc) is 3.20. The van der Waals surface area contributed by atoms with E-state index in [1.165, 1.54) is 0 Å². The molecule has 1 fully saturated rings. The van der Waals surface area contributed by atoms with Crippen LogP contribution in [0.15, 0.2) is 48.5 Å². The Morgan fingerprint density at radius 3 is 2.20 bits per heavy atom. The fourth-order valence-electron chi connectivity index (χ4n) is 3.75. The van der Waals surface area contributed by atoms with Crippen LogP contribution in [0.4, 0.5) is 5.69 Å². The molecule has 1 amide bonds. The van der Waals surface area contributed by atoms with Crippen molar-refractivity contribution in [1.29, 1.82) is 0 Å². The summed E-state index contributed by atoms with van der Waals surface area (Å²) in [5, 5.41) is 0. The molecular weight excluding hydrogens is 380 g/mol. The molecule has 1 saturated heterocycles. The molecule has 2 heterocycles. The summed E-state index contributed by atoms with van der Waals surface area (Å²) in [6.07, 6.45) is 0. The first-order valence-corrected chi connectivity index (χ1v) is 9.98. The maximum absolute atomic E-state index is 13.2. The van der Waals surface area contributed by atoms with Gasteiger partial charge in [0, 0.05) is 55.6 Å². The van der Waals surface area contributed by atoms with Crippen LogP contribution in [0.2, 0.25) is 0 Å². The van der Waals surface area contributed by atoms with E-state index in [4.69, 9.17) is 9.47 Å². The van der Waals surface area contributed by atoms with Gasteiger partial charge in [0.05, 0.1) is 14.2 Å². The summed E-state index contributed by atoms with van der Waals surface area (Å²) in [4.78, 5) is 25.1. The second kappa shape index (κ2) is 8.49. The third-order valence-electron chi connectivity index (χ3n) is 5.35. The quantitative estimate of drug-likeness (QED) is 0.704. The Kier molecular flexibility index (Phi) is 5.61. The molecule has 7 heteroatoms. The predicted molar refractivity (Wildman–Crippen MR) is 116 cm³/mol. The molecule has 1 N–H and O–H groups in total. The Labute approximate surface area is 176 Å². The van der Waals surface area contributed by atoms with Gasteiger partial charge in [0.1, 0.15) is 28.7 Å². The number of methoxy groups -OCH3 is 2. The summed E-state index contributed by atoms with van der Waals surface area (Å²) >= 11 is 0. The number of rotatable bonds is 5. The minimum Gasteiger partial charge on any atom is -0.497 e. The lowest BCUT2D eigenvalue weighted by molar-refractivity contribution is 0.0742. The highest BCUT2D eigenvalue weighted by molar-refractivity contribution is 5.98. The molecule has 0 saturated carbocycles. The van der Waals surface area contributed by atoms with Gasteiger partial charge in [-0.3, -0.25) is 4.79 Å². The molecule has 156 valence electrons. The molecule has 7 nitrogen and oxygen atoms in total. The number of ether oxygens (including phenoxy) is 2. The van der Waals surface area contributed by atoms with E-state index in [2.05, 4.69) is 14.9 Å². The van der Waals surface area contributed by atoms with Crippen molar-refractivity contribution in [2.45, 2.75) is 6.92 Å². The molecule has 0 spiro atoms. The largest absolute Gasteiger partial charge is 0.497 e. The number of piperazine rings is 1. The summed E-state index contributed by atoms with van der Waals surface area (Å²) in [5.74, 6) is 2.23. The zero-order valence-corrected chi connectivity index (χ0v) is 17.5. The second-order valence-electron chi connectivity index (χ2n) is 7.26. The van der Waals surface area contributed by atoms with Crippen molar-refractivity contribution in [2.24, 2.45) is 0 Å². The first-order valence-electron chi connectivity index (χ1n) is 9.98. The molecule has 0 atom stereocenters. The first kappa shape index (κ1) is 19.8. The van der Waals surface area contributed by atoms with Crippen LogP contribution >= 0.6 is 0 Å². The first-order chi connectivity index (χ1) is 14.6. The number of amides is 1. The van der Waals surface area contributed by atoms with Crippen molar-refractivity contribution in [3.05, 3.63) is 60.0 Å². The zero-order valence-electron chi connectivity index (χ0n) is 17.5. The molecule has 0 aliphatic carbocycles. The van der Waals surface area contributed by atoms with Gasteiger partial charge in [-0.1, -0.05) is 30.3 Å². The van der Waals surface area contributed by atoms with Crippen LogP contribution in [-0.2, 0) is 0 Å². The van der Waals surface area contributed by atoms with Gasteiger partial charge in [-0.05, 0) is 6.92 Å². The number of anilines is 1. The maximum atomic E-state index is 13.2. The number of aromatic amines is 1. The molecule has 0 radical (unpaired) electrons. The zero-order chi connectivity index (χ0) is 21.1. The van der Waals surface area contributed by atoms with Gasteiger partial charge in [0.15, 0.2) is 0 Å². The van der Waals surface area contributed by atoms with E-state index in [1.807, 2.05) is 60.4 Å². The molecule has 1 aliphatic heterocycles. The monoisotopic (exact) mass is 406 g/mol. The number of hydrogen-bond donors (Lipinski definition) is 1. The van der Waals surface area contributed by atoms with Crippen LogP contribution in [0.5, 0.6) is 11.5 Å². The van der Waals surface area contributed by atoms with E-state index < -0.39 is 0 Å². The number of aromatic nitrogens is 2. The minimum absolute atomic E-state index is 0.0164. The second-order valence-corrected chi connectivity index (χ2v) is 7.26. The van der Waals surface area contributed by atoms with E-state index in [0.29, 0.717) is 24.5 Å². The lowest BCUT2D eigenvalue weighted by atomic mass is 10.1. The van der Waals surface area contributed by atoms with Crippen LogP contribution in [0, 0.1) is 6.92 Å². The number of carbonyl (C=O) groups excluding carboxylic acids is 1. The van der Waals surface area contributed by atoms with E-state index in [-0.39, 0.29) is 5.91 Å². The number of imidazole rings is 1. The van der Waals surface area contributed by atoms with E-state index >= 15 is 0 Å². The lowest BCUT2D eigenvalue weighted by Gasteiger charge is -2.36. The minimum atomic E-state index is -0.0164. The van der Waals surface area contributed by atoms with Crippen molar-refractivity contribution < 1.29 is 14.3 Å². The summed E-state index contributed by atoms with van der Waals surface area (Å²) in [5.41, 5.74) is 3.22. The molecule has 3 aromatic rings. The molecule has 2 aromatic carbocycles. The Balaban J connectivity index is 1.50. The SMILES string of the molecule is COc1cc(OC)cc(N2CCN(C(=O)c3[nH]c(C)nc3-c3ccccc3)CC2)c1. The highest BCUT2D eigenvalue weighted by Gasteiger charge is 2.26. The standard InChI is InChI=1S/C23H26N4O3/c1-16-24-21(17-7-5-4-6-8-17)22(25-16)23(28)27-11-9-26(10-12-27)18-13-19(29-2)15-20(14-18)30-3/h4-8,13-15H,9-12H2,1-3H3,(H,24,25). The van der Waals surface area contributed by atoms with Crippen molar-refractivity contribution in [3.8, 4) is 22.8 Å². The molecule has 4 rings (SSSR count). The Hall–Kier alpha value is -3.48. The van der Waals surface area contributed by atoms with Gasteiger partial charge in [-0.15, -0.1) is 0 Å². The van der Waals surface area contributed by atoms with Gasteiger partial charge < -0.3 is 24.3 Å². The van der Waals surface area contributed by atoms with Crippen molar-refractivity contribution >= 4 is 11.6 Å². The summed E-state index contributed by atoms with van der Waals surface area (Å²) in [6.45, 7) is 4.60. The Bertz CT molecular complexity index is 1000. The van der Waals surface area contributed by atoms with E-state index in [9.17, 15) is 4.79 Å².